The van der Waals surface area contributed by atoms with E-state index in [1.165, 1.54) is 5.56 Å². The predicted molar refractivity (Wildman–Crippen MR) is 73.5 cm³/mol. The average molecular weight is 254 g/mol. The van der Waals surface area contributed by atoms with Crippen molar-refractivity contribution >= 4 is 0 Å². The molecule has 2 aromatic rings. The Morgan fingerprint density at radius 2 is 1.89 bits per heavy atom. The number of benzene rings is 1. The first kappa shape index (κ1) is 13.3. The molecule has 0 amide bonds. The summed E-state index contributed by atoms with van der Waals surface area (Å²) in [5, 5.41) is 17.3. The van der Waals surface area contributed by atoms with Crippen molar-refractivity contribution in [1.82, 2.24) is 15.0 Å². The Morgan fingerprint density at radius 1 is 1.21 bits per heavy atom. The predicted octanol–water partition coefficient (Wildman–Crippen LogP) is 2.96. The first-order valence-electron chi connectivity index (χ1n) is 6.52. The Hall–Kier alpha value is -2.15. The van der Waals surface area contributed by atoms with E-state index in [1.54, 1.807) is 0 Å². The highest BCUT2D eigenvalue weighted by molar-refractivity contribution is 5.27. The molecule has 0 fully saturated rings. The lowest BCUT2D eigenvalue weighted by Crippen LogP contribution is -2.14. The molecule has 1 unspecified atom stereocenters. The number of aromatic nitrogens is 3. The monoisotopic (exact) mass is 254 g/mol. The van der Waals surface area contributed by atoms with Gasteiger partial charge in [0.1, 0.15) is 6.07 Å². The van der Waals surface area contributed by atoms with Crippen LogP contribution in [0, 0.1) is 17.2 Å². The van der Waals surface area contributed by atoms with Gasteiger partial charge in [0.05, 0.1) is 11.7 Å². The topological polar surface area (TPSA) is 54.5 Å². The van der Waals surface area contributed by atoms with Gasteiger partial charge in [-0.15, -0.1) is 5.10 Å². The zero-order valence-corrected chi connectivity index (χ0v) is 11.5. The zero-order chi connectivity index (χ0) is 13.8. The SMILES string of the molecule is CC(C)Cc1c(C#N)nnn1C(C)c1ccccc1. The number of nitriles is 1. The summed E-state index contributed by atoms with van der Waals surface area (Å²) in [5.74, 6) is 0.465. The van der Waals surface area contributed by atoms with Gasteiger partial charge < -0.3 is 0 Å². The fourth-order valence-corrected chi connectivity index (χ4v) is 2.16. The Morgan fingerprint density at radius 3 is 2.47 bits per heavy atom. The highest BCUT2D eigenvalue weighted by Gasteiger charge is 2.18. The molecule has 19 heavy (non-hydrogen) atoms. The van der Waals surface area contributed by atoms with Crippen molar-refractivity contribution in [1.29, 1.82) is 5.26 Å². The summed E-state index contributed by atoms with van der Waals surface area (Å²) in [6.07, 6.45) is 0.813. The van der Waals surface area contributed by atoms with Gasteiger partial charge in [0, 0.05) is 0 Å². The van der Waals surface area contributed by atoms with Crippen LogP contribution in [0.15, 0.2) is 30.3 Å². The first-order chi connectivity index (χ1) is 9.13. The molecule has 4 nitrogen and oxygen atoms in total. The number of hydrogen-bond donors (Lipinski definition) is 0. The lowest BCUT2D eigenvalue weighted by Gasteiger charge is -2.16. The molecule has 4 heteroatoms. The van der Waals surface area contributed by atoms with Crippen LogP contribution in [0.2, 0.25) is 0 Å². The second kappa shape index (κ2) is 5.66. The summed E-state index contributed by atoms with van der Waals surface area (Å²) in [4.78, 5) is 0. The molecule has 0 saturated heterocycles. The molecule has 0 aliphatic rings. The maximum Gasteiger partial charge on any atom is 0.185 e. The van der Waals surface area contributed by atoms with Gasteiger partial charge in [0.2, 0.25) is 0 Å². The highest BCUT2D eigenvalue weighted by atomic mass is 15.4. The van der Waals surface area contributed by atoms with Crippen LogP contribution in [0.5, 0.6) is 0 Å². The second-order valence-electron chi connectivity index (χ2n) is 5.13. The van der Waals surface area contributed by atoms with E-state index in [4.69, 9.17) is 5.26 Å². The van der Waals surface area contributed by atoms with E-state index in [0.717, 1.165) is 12.1 Å². The van der Waals surface area contributed by atoms with Crippen LogP contribution in [0.3, 0.4) is 0 Å². The fraction of sp³-hybridized carbons (Fsp3) is 0.400. The van der Waals surface area contributed by atoms with Crippen molar-refractivity contribution in [3.63, 3.8) is 0 Å². The molecule has 0 N–H and O–H groups in total. The first-order valence-corrected chi connectivity index (χ1v) is 6.52. The minimum absolute atomic E-state index is 0.0875. The normalized spacial score (nSPS) is 12.4. The summed E-state index contributed by atoms with van der Waals surface area (Å²) in [5.41, 5.74) is 2.53. The van der Waals surface area contributed by atoms with Gasteiger partial charge in [-0.25, -0.2) is 4.68 Å². The maximum absolute atomic E-state index is 9.13. The molecule has 0 saturated carbocycles. The van der Waals surface area contributed by atoms with E-state index >= 15 is 0 Å². The van der Waals surface area contributed by atoms with Crippen molar-refractivity contribution in [3.8, 4) is 6.07 Å². The molecule has 0 aliphatic heterocycles. The summed E-state index contributed by atoms with van der Waals surface area (Å²) in [6.45, 7) is 6.34. The average Bonchev–Trinajstić information content (AvgIpc) is 2.81. The third kappa shape index (κ3) is 2.82. The van der Waals surface area contributed by atoms with Gasteiger partial charge in [-0.05, 0) is 24.8 Å². The largest absolute Gasteiger partial charge is 0.241 e. The quantitative estimate of drug-likeness (QED) is 0.842. The Labute approximate surface area is 113 Å². The third-order valence-corrected chi connectivity index (χ3v) is 3.15. The second-order valence-corrected chi connectivity index (χ2v) is 5.13. The highest BCUT2D eigenvalue weighted by Crippen LogP contribution is 2.21. The Kier molecular flexibility index (Phi) is 3.96. The van der Waals surface area contributed by atoms with Crippen molar-refractivity contribution in [3.05, 3.63) is 47.3 Å². The van der Waals surface area contributed by atoms with Crippen LogP contribution in [-0.4, -0.2) is 15.0 Å². The fourth-order valence-electron chi connectivity index (χ4n) is 2.16. The molecular formula is C15H18N4. The van der Waals surface area contributed by atoms with Crippen LogP contribution >= 0.6 is 0 Å². The molecule has 0 spiro atoms. The summed E-state index contributed by atoms with van der Waals surface area (Å²) >= 11 is 0. The van der Waals surface area contributed by atoms with Crippen LogP contribution in [0.25, 0.3) is 0 Å². The van der Waals surface area contributed by atoms with Crippen LogP contribution in [0.4, 0.5) is 0 Å². The van der Waals surface area contributed by atoms with Crippen molar-refractivity contribution in [2.75, 3.05) is 0 Å². The van der Waals surface area contributed by atoms with Gasteiger partial charge in [-0.3, -0.25) is 0 Å². The number of hydrogen-bond acceptors (Lipinski definition) is 3. The van der Waals surface area contributed by atoms with Crippen molar-refractivity contribution in [2.24, 2.45) is 5.92 Å². The van der Waals surface area contributed by atoms with Gasteiger partial charge in [-0.1, -0.05) is 49.4 Å². The molecule has 0 aliphatic carbocycles. The lowest BCUT2D eigenvalue weighted by atomic mass is 10.0. The molecule has 0 radical (unpaired) electrons. The zero-order valence-electron chi connectivity index (χ0n) is 11.5. The van der Waals surface area contributed by atoms with Crippen molar-refractivity contribution in [2.45, 2.75) is 33.2 Å². The van der Waals surface area contributed by atoms with Gasteiger partial charge in [0.15, 0.2) is 5.69 Å². The molecule has 1 atom stereocenters. The molecule has 1 aromatic heterocycles. The van der Waals surface area contributed by atoms with E-state index < -0.39 is 0 Å². The summed E-state index contributed by atoms with van der Waals surface area (Å²) in [6, 6.07) is 12.4. The Balaban J connectivity index is 2.40. The van der Waals surface area contributed by atoms with Crippen LogP contribution < -0.4 is 0 Å². The molecule has 1 heterocycles. The molecule has 0 bridgehead atoms. The van der Waals surface area contributed by atoms with Crippen LogP contribution in [-0.2, 0) is 6.42 Å². The van der Waals surface area contributed by atoms with E-state index in [2.05, 4.69) is 49.3 Å². The maximum atomic E-state index is 9.13. The molecular weight excluding hydrogens is 236 g/mol. The minimum Gasteiger partial charge on any atom is -0.241 e. The van der Waals surface area contributed by atoms with Crippen LogP contribution in [0.1, 0.15) is 43.8 Å². The molecule has 2 rings (SSSR count). The molecule has 1 aromatic carbocycles. The number of rotatable bonds is 4. The summed E-state index contributed by atoms with van der Waals surface area (Å²) < 4.78 is 1.87. The number of nitrogens with zero attached hydrogens (tertiary/aromatic N) is 4. The van der Waals surface area contributed by atoms with Crippen molar-refractivity contribution < 1.29 is 0 Å². The van der Waals surface area contributed by atoms with Gasteiger partial charge in [0.25, 0.3) is 0 Å². The van der Waals surface area contributed by atoms with Gasteiger partial charge in [-0.2, -0.15) is 5.26 Å². The minimum atomic E-state index is 0.0875. The Bertz CT molecular complexity index is 578. The lowest BCUT2D eigenvalue weighted by molar-refractivity contribution is 0.499. The van der Waals surface area contributed by atoms with E-state index in [0.29, 0.717) is 11.6 Å². The third-order valence-electron chi connectivity index (χ3n) is 3.15. The van der Waals surface area contributed by atoms with Gasteiger partial charge >= 0.3 is 0 Å². The smallest absolute Gasteiger partial charge is 0.185 e. The molecule has 98 valence electrons. The summed E-state index contributed by atoms with van der Waals surface area (Å²) in [7, 11) is 0. The van der Waals surface area contributed by atoms with E-state index in [9.17, 15) is 0 Å². The van der Waals surface area contributed by atoms with E-state index in [1.807, 2.05) is 22.9 Å². The standard InChI is InChI=1S/C15H18N4/c1-11(2)9-15-14(10-16)17-18-19(15)12(3)13-7-5-4-6-8-13/h4-8,11-12H,9H2,1-3H3. The van der Waals surface area contributed by atoms with E-state index in [-0.39, 0.29) is 6.04 Å².